The summed E-state index contributed by atoms with van der Waals surface area (Å²) in [6.07, 6.45) is 5.77. The zero-order valence-electron chi connectivity index (χ0n) is 12.9. The standard InChI is InChI=1S/C18H24N2O/c1-3-11-20-17(13-15-8-7-12-19-14-15)16-9-5-6-10-18(16)21-4-2/h5-10,12,14,17,20H,3-4,11,13H2,1-2H3. The molecule has 0 amide bonds. The molecule has 0 bridgehead atoms. The third-order valence-electron chi connectivity index (χ3n) is 3.40. The van der Waals surface area contributed by atoms with Crippen LogP contribution in [0.5, 0.6) is 5.75 Å². The van der Waals surface area contributed by atoms with Crippen LogP contribution in [0.2, 0.25) is 0 Å². The van der Waals surface area contributed by atoms with Crippen LogP contribution in [0.4, 0.5) is 0 Å². The first-order valence-corrected chi connectivity index (χ1v) is 7.69. The van der Waals surface area contributed by atoms with Gasteiger partial charge >= 0.3 is 0 Å². The van der Waals surface area contributed by atoms with E-state index in [1.807, 2.05) is 37.5 Å². The highest BCUT2D eigenvalue weighted by Gasteiger charge is 2.16. The summed E-state index contributed by atoms with van der Waals surface area (Å²) >= 11 is 0. The van der Waals surface area contributed by atoms with Crippen LogP contribution in [0.3, 0.4) is 0 Å². The SMILES string of the molecule is CCCNC(Cc1cccnc1)c1ccccc1OCC. The third-order valence-corrected chi connectivity index (χ3v) is 3.40. The van der Waals surface area contributed by atoms with Crippen LogP contribution in [-0.2, 0) is 6.42 Å². The molecule has 3 nitrogen and oxygen atoms in total. The summed E-state index contributed by atoms with van der Waals surface area (Å²) in [4.78, 5) is 4.21. The molecule has 1 atom stereocenters. The largest absolute Gasteiger partial charge is 0.494 e. The van der Waals surface area contributed by atoms with Crippen molar-refractivity contribution in [3.63, 3.8) is 0 Å². The fraction of sp³-hybridized carbons (Fsp3) is 0.389. The molecule has 0 fully saturated rings. The molecule has 0 saturated heterocycles. The molecular weight excluding hydrogens is 260 g/mol. The van der Waals surface area contributed by atoms with E-state index in [1.54, 1.807) is 0 Å². The maximum atomic E-state index is 5.78. The Morgan fingerprint density at radius 3 is 2.71 bits per heavy atom. The van der Waals surface area contributed by atoms with Crippen LogP contribution in [-0.4, -0.2) is 18.1 Å². The van der Waals surface area contributed by atoms with Crippen LogP contribution in [0, 0.1) is 0 Å². The van der Waals surface area contributed by atoms with Gasteiger partial charge in [0.15, 0.2) is 0 Å². The van der Waals surface area contributed by atoms with E-state index >= 15 is 0 Å². The van der Waals surface area contributed by atoms with Crippen LogP contribution in [0.15, 0.2) is 48.8 Å². The number of ether oxygens (including phenoxy) is 1. The van der Waals surface area contributed by atoms with Crippen LogP contribution in [0.25, 0.3) is 0 Å². The van der Waals surface area contributed by atoms with E-state index in [2.05, 4.69) is 35.4 Å². The fourth-order valence-corrected chi connectivity index (χ4v) is 2.42. The van der Waals surface area contributed by atoms with Gasteiger partial charge in [0.25, 0.3) is 0 Å². The molecule has 3 heteroatoms. The van der Waals surface area contributed by atoms with Gasteiger partial charge in [0.2, 0.25) is 0 Å². The second kappa shape index (κ2) is 8.42. The summed E-state index contributed by atoms with van der Waals surface area (Å²) in [5, 5.41) is 3.63. The summed E-state index contributed by atoms with van der Waals surface area (Å²) in [5.41, 5.74) is 2.45. The van der Waals surface area contributed by atoms with Crippen molar-refractivity contribution in [3.8, 4) is 5.75 Å². The van der Waals surface area contributed by atoms with E-state index in [-0.39, 0.29) is 6.04 Å². The Kier molecular flexibility index (Phi) is 6.22. The Labute approximate surface area is 127 Å². The van der Waals surface area contributed by atoms with Gasteiger partial charge in [0.05, 0.1) is 6.61 Å². The lowest BCUT2D eigenvalue weighted by Gasteiger charge is -2.21. The van der Waals surface area contributed by atoms with Crippen molar-refractivity contribution in [2.75, 3.05) is 13.2 Å². The maximum Gasteiger partial charge on any atom is 0.124 e. The topological polar surface area (TPSA) is 34.2 Å². The molecule has 1 N–H and O–H groups in total. The number of aromatic nitrogens is 1. The molecule has 112 valence electrons. The van der Waals surface area contributed by atoms with E-state index in [0.717, 1.165) is 25.1 Å². The summed E-state index contributed by atoms with van der Waals surface area (Å²) in [6, 6.07) is 12.6. The molecule has 1 aromatic heterocycles. The van der Waals surface area contributed by atoms with Crippen LogP contribution < -0.4 is 10.1 Å². The van der Waals surface area contributed by atoms with Crippen LogP contribution in [0.1, 0.15) is 37.4 Å². The number of para-hydroxylation sites is 1. The number of hydrogen-bond acceptors (Lipinski definition) is 3. The van der Waals surface area contributed by atoms with Gasteiger partial charge in [-0.1, -0.05) is 31.2 Å². The van der Waals surface area contributed by atoms with Gasteiger partial charge in [0.1, 0.15) is 5.75 Å². The number of pyridine rings is 1. The van der Waals surface area contributed by atoms with Gasteiger partial charge in [-0.3, -0.25) is 4.98 Å². The number of nitrogens with one attached hydrogen (secondary N) is 1. The minimum Gasteiger partial charge on any atom is -0.494 e. The molecule has 0 aliphatic carbocycles. The highest BCUT2D eigenvalue weighted by Crippen LogP contribution is 2.27. The molecule has 21 heavy (non-hydrogen) atoms. The van der Waals surface area contributed by atoms with Crippen molar-refractivity contribution in [1.29, 1.82) is 0 Å². The molecule has 0 aliphatic rings. The Morgan fingerprint density at radius 2 is 2.00 bits per heavy atom. The van der Waals surface area contributed by atoms with E-state index in [4.69, 9.17) is 4.74 Å². The molecule has 1 unspecified atom stereocenters. The predicted octanol–water partition coefficient (Wildman–Crippen LogP) is 3.76. The van der Waals surface area contributed by atoms with E-state index < -0.39 is 0 Å². The van der Waals surface area contributed by atoms with Gasteiger partial charge in [-0.15, -0.1) is 0 Å². The quantitative estimate of drug-likeness (QED) is 0.801. The Balaban J connectivity index is 2.23. The Morgan fingerprint density at radius 1 is 1.14 bits per heavy atom. The first-order valence-electron chi connectivity index (χ1n) is 7.69. The van der Waals surface area contributed by atoms with Crippen molar-refractivity contribution < 1.29 is 4.74 Å². The van der Waals surface area contributed by atoms with E-state index in [1.165, 1.54) is 11.1 Å². The molecular formula is C18H24N2O. The zero-order chi connectivity index (χ0) is 14.9. The van der Waals surface area contributed by atoms with Crippen molar-refractivity contribution in [1.82, 2.24) is 10.3 Å². The van der Waals surface area contributed by atoms with Gasteiger partial charge in [-0.25, -0.2) is 0 Å². The molecule has 0 saturated carbocycles. The minimum absolute atomic E-state index is 0.247. The highest BCUT2D eigenvalue weighted by molar-refractivity contribution is 5.37. The van der Waals surface area contributed by atoms with E-state index in [9.17, 15) is 0 Å². The molecule has 0 spiro atoms. The average Bonchev–Trinajstić information content (AvgIpc) is 2.53. The van der Waals surface area contributed by atoms with Crippen molar-refractivity contribution in [2.24, 2.45) is 0 Å². The highest BCUT2D eigenvalue weighted by atomic mass is 16.5. The van der Waals surface area contributed by atoms with Gasteiger partial charge in [-0.05, 0) is 44.0 Å². The first-order chi connectivity index (χ1) is 10.3. The molecule has 2 rings (SSSR count). The monoisotopic (exact) mass is 284 g/mol. The Bertz CT molecular complexity index is 528. The van der Waals surface area contributed by atoms with Gasteiger partial charge in [0, 0.05) is 24.0 Å². The number of hydrogen-bond donors (Lipinski definition) is 1. The van der Waals surface area contributed by atoms with Crippen molar-refractivity contribution >= 4 is 0 Å². The lowest BCUT2D eigenvalue weighted by atomic mass is 9.98. The molecule has 2 aromatic rings. The fourth-order valence-electron chi connectivity index (χ4n) is 2.42. The number of nitrogens with zero attached hydrogens (tertiary/aromatic N) is 1. The van der Waals surface area contributed by atoms with Crippen molar-refractivity contribution in [3.05, 3.63) is 59.9 Å². The second-order valence-electron chi connectivity index (χ2n) is 5.04. The smallest absolute Gasteiger partial charge is 0.124 e. The second-order valence-corrected chi connectivity index (χ2v) is 5.04. The lowest BCUT2D eigenvalue weighted by Crippen LogP contribution is -2.24. The predicted molar refractivity (Wildman–Crippen MR) is 86.6 cm³/mol. The third kappa shape index (κ3) is 4.57. The lowest BCUT2D eigenvalue weighted by molar-refractivity contribution is 0.331. The Hall–Kier alpha value is -1.87. The number of rotatable bonds is 8. The van der Waals surface area contributed by atoms with Gasteiger partial charge in [-0.2, -0.15) is 0 Å². The number of benzene rings is 1. The van der Waals surface area contributed by atoms with Crippen LogP contribution >= 0.6 is 0 Å². The molecule has 1 heterocycles. The summed E-state index contributed by atoms with van der Waals surface area (Å²) in [7, 11) is 0. The summed E-state index contributed by atoms with van der Waals surface area (Å²) in [5.74, 6) is 0.970. The molecule has 1 aromatic carbocycles. The summed E-state index contributed by atoms with van der Waals surface area (Å²) in [6.45, 7) is 5.88. The van der Waals surface area contributed by atoms with E-state index in [0.29, 0.717) is 6.61 Å². The first kappa shape index (κ1) is 15.5. The normalized spacial score (nSPS) is 12.1. The maximum absolute atomic E-state index is 5.78. The van der Waals surface area contributed by atoms with Gasteiger partial charge < -0.3 is 10.1 Å². The summed E-state index contributed by atoms with van der Waals surface area (Å²) < 4.78 is 5.78. The molecule has 0 radical (unpaired) electrons. The average molecular weight is 284 g/mol. The molecule has 0 aliphatic heterocycles. The van der Waals surface area contributed by atoms with Crippen molar-refractivity contribution in [2.45, 2.75) is 32.7 Å². The minimum atomic E-state index is 0.247. The zero-order valence-corrected chi connectivity index (χ0v) is 12.9.